The average Bonchev–Trinajstić information content (AvgIpc) is 3.69. The lowest BCUT2D eigenvalue weighted by Crippen LogP contribution is -2.17. The molecule has 1 aromatic heterocycles. The summed E-state index contributed by atoms with van der Waals surface area (Å²) in [4.78, 5) is 9.08. The van der Waals surface area contributed by atoms with Gasteiger partial charge in [-0.15, -0.1) is 0 Å². The number of aromatic nitrogens is 2. The van der Waals surface area contributed by atoms with E-state index in [1.807, 2.05) is 0 Å². The maximum Gasteiger partial charge on any atom is 0.263 e. The molecule has 1 heterocycles. The second-order valence-corrected chi connectivity index (χ2v) is 11.2. The third-order valence-corrected chi connectivity index (χ3v) is 7.02. The summed E-state index contributed by atoms with van der Waals surface area (Å²) in [5, 5.41) is 9.32. The predicted molar refractivity (Wildman–Crippen MR) is 136 cm³/mol. The van der Waals surface area contributed by atoms with Gasteiger partial charge in [0.1, 0.15) is 12.4 Å². The Morgan fingerprint density at radius 1 is 1.03 bits per heavy atom. The molecule has 0 unspecified atom stereocenters. The fourth-order valence-electron chi connectivity index (χ4n) is 3.51. The van der Waals surface area contributed by atoms with Gasteiger partial charge in [0.25, 0.3) is 15.9 Å². The predicted octanol–water partition coefficient (Wildman–Crippen LogP) is 4.62. The molecule has 0 spiro atoms. The first-order valence-electron chi connectivity index (χ1n) is 11.7. The first kappa shape index (κ1) is 25.7. The third-order valence-electron chi connectivity index (χ3n) is 5.67. The second kappa shape index (κ2) is 10.3. The van der Waals surface area contributed by atoms with Crippen LogP contribution in [0.5, 0.6) is 23.1 Å². The van der Waals surface area contributed by atoms with Crippen LogP contribution >= 0.6 is 0 Å². The molecule has 0 bridgehead atoms. The van der Waals surface area contributed by atoms with Crippen LogP contribution < -0.4 is 18.9 Å². The molecule has 3 aromatic rings. The Balaban J connectivity index is 1.77. The molecule has 36 heavy (non-hydrogen) atoms. The quantitative estimate of drug-likeness (QED) is 0.403. The number of nitrogens with zero attached hydrogens (tertiary/aromatic N) is 2. The summed E-state index contributed by atoms with van der Waals surface area (Å²) in [7, 11) is -2.52. The van der Waals surface area contributed by atoms with Crippen LogP contribution in [0, 0.1) is 0 Å². The number of ether oxygens (including phenoxy) is 3. The van der Waals surface area contributed by atoms with Crippen LogP contribution in [0.15, 0.2) is 53.4 Å². The topological polar surface area (TPSA) is 120 Å². The molecule has 192 valence electrons. The molecule has 2 N–H and O–H groups in total. The third kappa shape index (κ3) is 5.88. The van der Waals surface area contributed by atoms with E-state index in [9.17, 15) is 13.5 Å². The number of aliphatic hydroxyl groups is 1. The van der Waals surface area contributed by atoms with E-state index in [4.69, 9.17) is 14.2 Å². The number of hydrogen-bond acceptors (Lipinski definition) is 8. The van der Waals surface area contributed by atoms with Crippen molar-refractivity contribution in [3.8, 4) is 23.1 Å². The number of anilines is 1. The summed E-state index contributed by atoms with van der Waals surface area (Å²) < 4.78 is 46.4. The van der Waals surface area contributed by atoms with E-state index in [2.05, 4.69) is 35.5 Å². The molecule has 0 aliphatic heterocycles. The van der Waals surface area contributed by atoms with E-state index < -0.39 is 10.0 Å². The maximum absolute atomic E-state index is 13.4. The zero-order valence-electron chi connectivity index (χ0n) is 20.8. The van der Waals surface area contributed by atoms with Gasteiger partial charge < -0.3 is 19.3 Å². The highest BCUT2D eigenvalue weighted by Gasteiger charge is 2.32. The van der Waals surface area contributed by atoms with Crippen molar-refractivity contribution in [3.05, 3.63) is 59.9 Å². The Labute approximate surface area is 211 Å². The van der Waals surface area contributed by atoms with E-state index in [-0.39, 0.29) is 46.9 Å². The number of hydrogen-bond donors (Lipinski definition) is 2. The van der Waals surface area contributed by atoms with Gasteiger partial charge >= 0.3 is 0 Å². The van der Waals surface area contributed by atoms with Gasteiger partial charge in [0.15, 0.2) is 17.3 Å². The van der Waals surface area contributed by atoms with Gasteiger partial charge in [0, 0.05) is 5.92 Å². The Bertz CT molecular complexity index is 1320. The van der Waals surface area contributed by atoms with Gasteiger partial charge in [-0.05, 0) is 48.1 Å². The number of rotatable bonds is 10. The van der Waals surface area contributed by atoms with Crippen LogP contribution in [-0.2, 0) is 15.4 Å². The monoisotopic (exact) mass is 513 g/mol. The van der Waals surface area contributed by atoms with Crippen LogP contribution in [0.4, 0.5) is 5.82 Å². The minimum Gasteiger partial charge on any atom is -0.493 e. The minimum atomic E-state index is -4.02. The van der Waals surface area contributed by atoms with Crippen molar-refractivity contribution in [2.24, 2.45) is 0 Å². The lowest BCUT2D eigenvalue weighted by atomic mass is 9.87. The van der Waals surface area contributed by atoms with Crippen molar-refractivity contribution in [1.82, 2.24) is 9.97 Å². The standard InChI is InChI=1S/C26H31N3O6S/c1-26(2,3)18-11-13-19(14-12-18)36(31,32)29-24-22(35-21-8-6-5-7-20(21)33-4)25(34-16-15-30)28-23(27-24)17-9-10-17/h5-8,11-14,17,30H,9-10,15-16H2,1-4H3,(H,27,28,29). The molecular weight excluding hydrogens is 482 g/mol. The molecule has 9 nitrogen and oxygen atoms in total. The zero-order valence-corrected chi connectivity index (χ0v) is 21.6. The molecule has 0 atom stereocenters. The van der Waals surface area contributed by atoms with Crippen molar-refractivity contribution in [3.63, 3.8) is 0 Å². The smallest absolute Gasteiger partial charge is 0.263 e. The van der Waals surface area contributed by atoms with E-state index in [1.54, 1.807) is 48.5 Å². The molecule has 1 fully saturated rings. The van der Waals surface area contributed by atoms with Crippen molar-refractivity contribution in [2.75, 3.05) is 25.0 Å². The molecule has 1 aliphatic carbocycles. The van der Waals surface area contributed by atoms with E-state index in [0.717, 1.165) is 18.4 Å². The molecule has 0 radical (unpaired) electrons. The lowest BCUT2D eigenvalue weighted by molar-refractivity contribution is 0.192. The lowest BCUT2D eigenvalue weighted by Gasteiger charge is -2.20. The van der Waals surface area contributed by atoms with E-state index in [0.29, 0.717) is 17.3 Å². The number of nitrogens with one attached hydrogen (secondary N) is 1. The Morgan fingerprint density at radius 2 is 1.69 bits per heavy atom. The SMILES string of the molecule is COc1ccccc1Oc1c(NS(=O)(=O)c2ccc(C(C)(C)C)cc2)nc(C2CC2)nc1OCCO. The molecule has 10 heteroatoms. The van der Waals surface area contributed by atoms with E-state index in [1.165, 1.54) is 7.11 Å². The van der Waals surface area contributed by atoms with Gasteiger partial charge in [-0.2, -0.15) is 4.98 Å². The molecule has 1 aliphatic rings. The summed E-state index contributed by atoms with van der Waals surface area (Å²) in [6.07, 6.45) is 1.79. The van der Waals surface area contributed by atoms with Crippen LogP contribution in [0.3, 0.4) is 0 Å². The number of para-hydroxylation sites is 2. The highest BCUT2D eigenvalue weighted by Crippen LogP contribution is 2.45. The maximum atomic E-state index is 13.4. The fourth-order valence-corrected chi connectivity index (χ4v) is 4.51. The summed E-state index contributed by atoms with van der Waals surface area (Å²) >= 11 is 0. The molecule has 0 amide bonds. The van der Waals surface area contributed by atoms with Gasteiger partial charge in [-0.25, -0.2) is 13.4 Å². The largest absolute Gasteiger partial charge is 0.493 e. The van der Waals surface area contributed by atoms with Crippen molar-refractivity contribution in [2.45, 2.75) is 49.8 Å². The Hall–Kier alpha value is -3.37. The van der Waals surface area contributed by atoms with Crippen LogP contribution in [0.2, 0.25) is 0 Å². The molecule has 4 rings (SSSR count). The van der Waals surface area contributed by atoms with Crippen molar-refractivity contribution in [1.29, 1.82) is 0 Å². The van der Waals surface area contributed by atoms with Gasteiger partial charge in [-0.1, -0.05) is 45.0 Å². The van der Waals surface area contributed by atoms with Crippen molar-refractivity contribution < 1.29 is 27.7 Å². The fraction of sp³-hybridized carbons (Fsp3) is 0.385. The van der Waals surface area contributed by atoms with Crippen LogP contribution in [0.1, 0.15) is 50.9 Å². The zero-order chi connectivity index (χ0) is 25.9. The molecule has 2 aromatic carbocycles. The number of methoxy groups -OCH3 is 1. The van der Waals surface area contributed by atoms with Gasteiger partial charge in [0.05, 0.1) is 18.6 Å². The number of sulfonamides is 1. The first-order chi connectivity index (χ1) is 17.1. The first-order valence-corrected chi connectivity index (χ1v) is 13.2. The number of benzene rings is 2. The highest BCUT2D eigenvalue weighted by atomic mass is 32.2. The molecular formula is C26H31N3O6S. The summed E-state index contributed by atoms with van der Waals surface area (Å²) in [5.41, 5.74) is 0.898. The van der Waals surface area contributed by atoms with Gasteiger partial charge in [0.2, 0.25) is 5.75 Å². The number of aliphatic hydroxyl groups excluding tert-OH is 1. The van der Waals surface area contributed by atoms with Crippen molar-refractivity contribution >= 4 is 15.8 Å². The summed E-state index contributed by atoms with van der Waals surface area (Å²) in [5.74, 6) is 1.28. The van der Waals surface area contributed by atoms with Crippen LogP contribution in [-0.4, -0.2) is 43.8 Å². The second-order valence-electron chi connectivity index (χ2n) is 9.54. The highest BCUT2D eigenvalue weighted by molar-refractivity contribution is 7.92. The van der Waals surface area contributed by atoms with Crippen LogP contribution in [0.25, 0.3) is 0 Å². The Morgan fingerprint density at radius 3 is 2.28 bits per heavy atom. The van der Waals surface area contributed by atoms with Gasteiger partial charge in [-0.3, -0.25) is 4.72 Å². The average molecular weight is 514 g/mol. The Kier molecular flexibility index (Phi) is 7.37. The molecule has 1 saturated carbocycles. The van der Waals surface area contributed by atoms with E-state index >= 15 is 0 Å². The molecule has 0 saturated heterocycles. The summed E-state index contributed by atoms with van der Waals surface area (Å²) in [6.45, 7) is 5.88. The summed E-state index contributed by atoms with van der Waals surface area (Å²) in [6, 6.07) is 13.7. The normalized spacial score (nSPS) is 13.8. The minimum absolute atomic E-state index is 0.0211.